The largest absolute Gasteiger partial charge is 0.508 e. The Hall–Kier alpha value is -2.30. The molecular formula is C24H36N2O2. The number of rotatable bonds is 12. The summed E-state index contributed by atoms with van der Waals surface area (Å²) in [6, 6.07) is 0. The second kappa shape index (κ2) is 13.0. The number of hydrogen-bond donors (Lipinski definition) is 3. The molecule has 0 spiro atoms. The summed E-state index contributed by atoms with van der Waals surface area (Å²) in [5, 5.41) is 23.4. The molecule has 0 fully saturated rings. The number of aliphatic hydroxyl groups is 2. The summed E-state index contributed by atoms with van der Waals surface area (Å²) in [7, 11) is 0. The van der Waals surface area contributed by atoms with Gasteiger partial charge in [-0.3, -0.25) is 4.90 Å². The molecule has 154 valence electrons. The van der Waals surface area contributed by atoms with Gasteiger partial charge in [-0.2, -0.15) is 0 Å². The number of aliphatic hydroxyl groups excluding tert-OH is 2. The number of hydrogen-bond acceptors (Lipinski definition) is 4. The van der Waals surface area contributed by atoms with E-state index >= 15 is 0 Å². The molecule has 0 aromatic carbocycles. The molecule has 0 aromatic heterocycles. The molecule has 4 nitrogen and oxygen atoms in total. The highest BCUT2D eigenvalue weighted by Gasteiger charge is 2.16. The third kappa shape index (κ3) is 8.15. The molecule has 28 heavy (non-hydrogen) atoms. The van der Waals surface area contributed by atoms with Crippen LogP contribution in [0.1, 0.15) is 27.2 Å². The summed E-state index contributed by atoms with van der Waals surface area (Å²) in [5.41, 5.74) is 2.96. The molecule has 4 heteroatoms. The molecular weight excluding hydrogens is 348 g/mol. The van der Waals surface area contributed by atoms with Gasteiger partial charge in [0.2, 0.25) is 0 Å². The zero-order valence-corrected chi connectivity index (χ0v) is 17.6. The van der Waals surface area contributed by atoms with Crippen molar-refractivity contribution in [3.05, 3.63) is 83.9 Å². The lowest BCUT2D eigenvalue weighted by Gasteiger charge is -2.26. The van der Waals surface area contributed by atoms with Crippen LogP contribution in [0.25, 0.3) is 0 Å². The molecule has 1 atom stereocenters. The summed E-state index contributed by atoms with van der Waals surface area (Å²) in [4.78, 5) is 2.32. The van der Waals surface area contributed by atoms with E-state index in [0.29, 0.717) is 24.8 Å². The Labute approximate surface area is 170 Å². The van der Waals surface area contributed by atoms with Crippen molar-refractivity contribution in [3.63, 3.8) is 0 Å². The maximum absolute atomic E-state index is 10.3. The molecule has 0 aromatic rings. The topological polar surface area (TPSA) is 55.7 Å². The van der Waals surface area contributed by atoms with Crippen LogP contribution in [0.4, 0.5) is 0 Å². The fraction of sp³-hybridized carbons (Fsp3) is 0.417. The Kier molecular flexibility index (Phi) is 11.0. The van der Waals surface area contributed by atoms with Gasteiger partial charge in [0.15, 0.2) is 0 Å². The van der Waals surface area contributed by atoms with E-state index in [0.717, 1.165) is 37.2 Å². The van der Waals surface area contributed by atoms with E-state index in [1.165, 1.54) is 11.6 Å². The first-order valence-electron chi connectivity index (χ1n) is 9.93. The first kappa shape index (κ1) is 23.7. The molecule has 1 rings (SSSR count). The van der Waals surface area contributed by atoms with Crippen LogP contribution in [0.2, 0.25) is 0 Å². The summed E-state index contributed by atoms with van der Waals surface area (Å²) in [5.74, 6) is 0.937. The average molecular weight is 385 g/mol. The average Bonchev–Trinajstić information content (AvgIpc) is 2.68. The van der Waals surface area contributed by atoms with Crippen LogP contribution in [0.3, 0.4) is 0 Å². The van der Waals surface area contributed by atoms with Crippen molar-refractivity contribution < 1.29 is 10.2 Å². The molecule has 1 aliphatic rings. The third-order valence-electron chi connectivity index (χ3n) is 4.75. The molecule has 0 bridgehead atoms. The van der Waals surface area contributed by atoms with E-state index < -0.39 is 0 Å². The van der Waals surface area contributed by atoms with Gasteiger partial charge in [-0.15, -0.1) is 0 Å². The second-order valence-electron chi connectivity index (χ2n) is 7.06. The van der Waals surface area contributed by atoms with Gasteiger partial charge in [-0.05, 0) is 43.9 Å². The van der Waals surface area contributed by atoms with Crippen molar-refractivity contribution in [2.75, 3.05) is 32.7 Å². The lowest BCUT2D eigenvalue weighted by atomic mass is 9.96. The fourth-order valence-electron chi connectivity index (χ4n) is 3.05. The van der Waals surface area contributed by atoms with E-state index in [2.05, 4.69) is 48.5 Å². The molecule has 0 amide bonds. The molecule has 0 aliphatic heterocycles. The Morgan fingerprint density at radius 3 is 2.64 bits per heavy atom. The number of nitrogens with zero attached hydrogens (tertiary/aromatic N) is 1. The molecule has 0 radical (unpaired) electrons. The minimum Gasteiger partial charge on any atom is -0.508 e. The maximum Gasteiger partial charge on any atom is 0.119 e. The summed E-state index contributed by atoms with van der Waals surface area (Å²) in [6.45, 7) is 17.1. The van der Waals surface area contributed by atoms with Crippen LogP contribution >= 0.6 is 0 Å². The highest BCUT2D eigenvalue weighted by Crippen LogP contribution is 2.22. The van der Waals surface area contributed by atoms with Crippen LogP contribution in [-0.4, -0.2) is 47.8 Å². The molecule has 1 aliphatic carbocycles. The maximum atomic E-state index is 10.3. The van der Waals surface area contributed by atoms with Crippen molar-refractivity contribution in [3.8, 4) is 0 Å². The van der Waals surface area contributed by atoms with Crippen molar-refractivity contribution in [2.45, 2.75) is 27.2 Å². The van der Waals surface area contributed by atoms with E-state index in [9.17, 15) is 10.2 Å². The minimum absolute atomic E-state index is 0.153. The van der Waals surface area contributed by atoms with Gasteiger partial charge in [0.05, 0.1) is 0 Å². The Balaban J connectivity index is 2.74. The summed E-state index contributed by atoms with van der Waals surface area (Å²) in [6.07, 6.45) is 14.4. The molecule has 0 heterocycles. The van der Waals surface area contributed by atoms with Gasteiger partial charge in [0.1, 0.15) is 11.5 Å². The summed E-state index contributed by atoms with van der Waals surface area (Å²) >= 11 is 0. The van der Waals surface area contributed by atoms with Crippen molar-refractivity contribution in [1.29, 1.82) is 0 Å². The van der Waals surface area contributed by atoms with E-state index in [1.54, 1.807) is 6.08 Å². The number of allylic oxidation sites excluding steroid dienone is 5. The lowest BCUT2D eigenvalue weighted by Crippen LogP contribution is -2.36. The van der Waals surface area contributed by atoms with Gasteiger partial charge in [-0.25, -0.2) is 0 Å². The van der Waals surface area contributed by atoms with E-state index in [4.69, 9.17) is 0 Å². The minimum atomic E-state index is 0.153. The SMILES string of the molecule is C=C/C(O)=C(\C=C)CNCCN(CC1=CCC(C)C=C1O)CC(/C=C\C)=C/C. The molecule has 0 saturated heterocycles. The van der Waals surface area contributed by atoms with Gasteiger partial charge in [0.25, 0.3) is 0 Å². The smallest absolute Gasteiger partial charge is 0.119 e. The van der Waals surface area contributed by atoms with Crippen molar-refractivity contribution in [1.82, 2.24) is 10.2 Å². The van der Waals surface area contributed by atoms with E-state index in [-0.39, 0.29) is 5.76 Å². The quantitative estimate of drug-likeness (QED) is 0.252. The van der Waals surface area contributed by atoms with Gasteiger partial charge in [0, 0.05) is 43.9 Å². The summed E-state index contributed by atoms with van der Waals surface area (Å²) < 4.78 is 0. The van der Waals surface area contributed by atoms with Gasteiger partial charge < -0.3 is 15.5 Å². The Bertz CT molecular complexity index is 681. The van der Waals surface area contributed by atoms with Crippen LogP contribution in [0.5, 0.6) is 0 Å². The molecule has 1 unspecified atom stereocenters. The second-order valence-corrected chi connectivity index (χ2v) is 7.06. The Morgan fingerprint density at radius 1 is 1.32 bits per heavy atom. The highest BCUT2D eigenvalue weighted by molar-refractivity contribution is 5.31. The fourth-order valence-corrected chi connectivity index (χ4v) is 3.05. The normalized spacial score (nSPS) is 18.7. The molecule has 3 N–H and O–H groups in total. The van der Waals surface area contributed by atoms with Crippen LogP contribution in [0.15, 0.2) is 83.9 Å². The van der Waals surface area contributed by atoms with Crippen LogP contribution in [-0.2, 0) is 0 Å². The van der Waals surface area contributed by atoms with Crippen molar-refractivity contribution in [2.24, 2.45) is 5.92 Å². The van der Waals surface area contributed by atoms with Crippen LogP contribution < -0.4 is 5.32 Å². The first-order chi connectivity index (χ1) is 13.4. The standard InChI is InChI=1S/C24H36N2O2/c1-6-10-20(7-2)17-26(18-22-12-11-19(5)15-24(22)28)14-13-25-16-21(8-3)23(27)9-4/h6-10,12,15,19,25,27-28H,3-4,11,13-14,16-18H2,1-2,5H3/b10-6-,20-7+,23-21-. The lowest BCUT2D eigenvalue weighted by molar-refractivity contribution is 0.308. The van der Waals surface area contributed by atoms with Gasteiger partial charge in [-0.1, -0.05) is 50.5 Å². The Morgan fingerprint density at radius 2 is 2.07 bits per heavy atom. The van der Waals surface area contributed by atoms with Gasteiger partial charge >= 0.3 is 0 Å². The predicted octanol–water partition coefficient (Wildman–Crippen LogP) is 4.99. The zero-order chi connectivity index (χ0) is 20.9. The van der Waals surface area contributed by atoms with Crippen molar-refractivity contribution >= 4 is 0 Å². The first-order valence-corrected chi connectivity index (χ1v) is 9.93. The zero-order valence-electron chi connectivity index (χ0n) is 17.6. The third-order valence-corrected chi connectivity index (χ3v) is 4.75. The monoisotopic (exact) mass is 384 g/mol. The van der Waals surface area contributed by atoms with E-state index in [1.807, 2.05) is 26.0 Å². The molecule has 0 saturated carbocycles. The highest BCUT2D eigenvalue weighted by atomic mass is 16.3. The number of nitrogens with one attached hydrogen (secondary N) is 1. The predicted molar refractivity (Wildman–Crippen MR) is 121 cm³/mol. The van der Waals surface area contributed by atoms with Crippen LogP contribution in [0, 0.1) is 5.92 Å².